The van der Waals surface area contributed by atoms with Crippen LogP contribution in [0.3, 0.4) is 0 Å². The molecule has 0 saturated carbocycles. The maximum atomic E-state index is 13.2. The van der Waals surface area contributed by atoms with E-state index < -0.39 is 17.4 Å². The minimum absolute atomic E-state index is 0.0569. The highest BCUT2D eigenvalue weighted by Crippen LogP contribution is 2.25. The van der Waals surface area contributed by atoms with Gasteiger partial charge >= 0.3 is 11.4 Å². The molecule has 4 rings (SSSR count). The molecule has 4 N–H and O–H groups in total. The van der Waals surface area contributed by atoms with Crippen molar-refractivity contribution in [3.8, 4) is 22.9 Å². The highest BCUT2D eigenvalue weighted by Gasteiger charge is 2.18. The molecule has 9 heteroatoms. The lowest BCUT2D eigenvalue weighted by Gasteiger charge is -2.19. The predicted molar refractivity (Wildman–Crippen MR) is 138 cm³/mol. The van der Waals surface area contributed by atoms with Crippen LogP contribution in [0.5, 0.6) is 11.5 Å². The number of hydrogen-bond donors (Lipinski definition) is 4. The predicted octanol–water partition coefficient (Wildman–Crippen LogP) is 3.25. The molecule has 0 aliphatic rings. The van der Waals surface area contributed by atoms with Gasteiger partial charge in [0, 0.05) is 5.69 Å². The third-order valence-corrected chi connectivity index (χ3v) is 5.91. The molecular weight excluding hydrogens is 460 g/mol. The Kier molecular flexibility index (Phi) is 6.57. The molecule has 0 aliphatic carbocycles. The highest BCUT2D eigenvalue weighted by atomic mass is 16.3. The number of aromatic amines is 1. The third-order valence-electron chi connectivity index (χ3n) is 5.91. The number of phenols is 2. The van der Waals surface area contributed by atoms with Crippen molar-refractivity contribution in [3.05, 3.63) is 98.8 Å². The van der Waals surface area contributed by atoms with Gasteiger partial charge in [0.25, 0.3) is 0 Å². The minimum atomic E-state index is -0.674. The number of nitrogens with zero attached hydrogens (tertiary/aromatic N) is 2. The molecule has 9 nitrogen and oxygen atoms in total. The summed E-state index contributed by atoms with van der Waals surface area (Å²) in [7, 11) is 0. The van der Waals surface area contributed by atoms with E-state index in [2.05, 4.69) is 31.2 Å². The second kappa shape index (κ2) is 9.61. The maximum absolute atomic E-state index is 13.2. The molecule has 0 bridgehead atoms. The van der Waals surface area contributed by atoms with Gasteiger partial charge in [-0.15, -0.1) is 0 Å². The summed E-state index contributed by atoms with van der Waals surface area (Å²) in [5, 5.41) is 25.4. The lowest BCUT2D eigenvalue weighted by atomic mass is 9.87. The number of H-pyrrole nitrogens is 1. The molecule has 4 aromatic rings. The summed E-state index contributed by atoms with van der Waals surface area (Å²) < 4.78 is 1.96. The second-order valence-corrected chi connectivity index (χ2v) is 9.63. The van der Waals surface area contributed by atoms with Crippen LogP contribution in [0.2, 0.25) is 0 Å². The van der Waals surface area contributed by atoms with Crippen LogP contribution >= 0.6 is 0 Å². The number of carbonyl (C=O) groups excluding carboxylic acids is 1. The Labute approximate surface area is 207 Å². The van der Waals surface area contributed by atoms with E-state index in [1.165, 1.54) is 12.1 Å². The number of benzene rings is 3. The molecule has 0 radical (unpaired) electrons. The molecule has 0 fully saturated rings. The molecule has 186 valence electrons. The van der Waals surface area contributed by atoms with Crippen LogP contribution in [0, 0.1) is 0 Å². The average Bonchev–Trinajstić information content (AvgIpc) is 3.14. The molecular formula is C27H28N4O5. The van der Waals surface area contributed by atoms with E-state index in [9.17, 15) is 24.6 Å². The Balaban J connectivity index is 1.64. The van der Waals surface area contributed by atoms with Crippen LogP contribution in [-0.4, -0.2) is 36.9 Å². The number of hydrogen-bond acceptors (Lipinski definition) is 6. The van der Waals surface area contributed by atoms with Gasteiger partial charge in [0.1, 0.15) is 23.5 Å². The lowest BCUT2D eigenvalue weighted by molar-refractivity contribution is -0.108. The zero-order chi connectivity index (χ0) is 26.0. The van der Waals surface area contributed by atoms with Crippen molar-refractivity contribution >= 4 is 12.0 Å². The second-order valence-electron chi connectivity index (χ2n) is 9.63. The molecule has 0 unspecified atom stereocenters. The molecule has 0 saturated heterocycles. The molecule has 1 atom stereocenters. The van der Waals surface area contributed by atoms with Gasteiger partial charge < -0.3 is 20.3 Å². The number of nitrogens with one attached hydrogen (secondary N) is 2. The van der Waals surface area contributed by atoms with Crippen LogP contribution < -0.4 is 16.7 Å². The zero-order valence-electron chi connectivity index (χ0n) is 20.2. The number of carbonyl (C=O) groups is 1. The largest absolute Gasteiger partial charge is 0.508 e. The first-order chi connectivity index (χ1) is 17.1. The van der Waals surface area contributed by atoms with Crippen molar-refractivity contribution in [2.75, 3.05) is 5.32 Å². The zero-order valence-corrected chi connectivity index (χ0v) is 20.2. The molecule has 0 amide bonds. The fourth-order valence-electron chi connectivity index (χ4n) is 3.91. The normalized spacial score (nSPS) is 12.3. The number of aromatic nitrogens is 3. The molecule has 3 aromatic carbocycles. The van der Waals surface area contributed by atoms with E-state index in [1.807, 2.05) is 12.1 Å². The number of aromatic hydroxyl groups is 2. The van der Waals surface area contributed by atoms with Gasteiger partial charge in [-0.25, -0.2) is 19.3 Å². The van der Waals surface area contributed by atoms with Crippen molar-refractivity contribution in [3.63, 3.8) is 0 Å². The Bertz CT molecular complexity index is 1490. The maximum Gasteiger partial charge on any atom is 0.356 e. The van der Waals surface area contributed by atoms with Gasteiger partial charge in [-0.05, 0) is 65.4 Å². The van der Waals surface area contributed by atoms with Crippen LogP contribution in [0.4, 0.5) is 5.69 Å². The molecule has 36 heavy (non-hydrogen) atoms. The van der Waals surface area contributed by atoms with E-state index in [-0.39, 0.29) is 22.6 Å². The van der Waals surface area contributed by atoms with Gasteiger partial charge in [0.2, 0.25) is 0 Å². The monoisotopic (exact) mass is 488 g/mol. The summed E-state index contributed by atoms with van der Waals surface area (Å²) in [6.45, 7) is 6.21. The molecule has 1 aromatic heterocycles. The van der Waals surface area contributed by atoms with Gasteiger partial charge in [-0.1, -0.05) is 45.0 Å². The summed E-state index contributed by atoms with van der Waals surface area (Å²) in [5.74, 6) is -0.0885. The summed E-state index contributed by atoms with van der Waals surface area (Å²) in [6.07, 6.45) is 1.11. The van der Waals surface area contributed by atoms with E-state index in [0.717, 1.165) is 26.7 Å². The van der Waals surface area contributed by atoms with Crippen molar-refractivity contribution < 1.29 is 15.0 Å². The summed E-state index contributed by atoms with van der Waals surface area (Å²) >= 11 is 0. The summed E-state index contributed by atoms with van der Waals surface area (Å²) in [6, 6.07) is 17.5. The lowest BCUT2D eigenvalue weighted by Crippen LogP contribution is -2.27. The topological polar surface area (TPSA) is 129 Å². The van der Waals surface area contributed by atoms with Crippen molar-refractivity contribution in [1.82, 2.24) is 14.3 Å². The standard InChI is InChI=1S/C27H28N4O5/c1-27(2,3)18-6-9-21(10-7-18)30-25(35)29-31(26(30)36)23-15-19(8-13-24(23)34)28-20(16-32)14-17-4-11-22(33)12-5-17/h4-13,15-16,20,28,33-34H,14H2,1-3H3,(H,29,35)/t20-/m0/s1. The van der Waals surface area contributed by atoms with Gasteiger partial charge in [0.15, 0.2) is 0 Å². The van der Waals surface area contributed by atoms with Crippen molar-refractivity contribution in [2.24, 2.45) is 0 Å². The number of phenolic OH excluding ortho intramolecular Hbond substituents is 2. The first-order valence-electron chi connectivity index (χ1n) is 11.4. The Hall–Kier alpha value is -4.53. The van der Waals surface area contributed by atoms with Crippen LogP contribution in [0.25, 0.3) is 11.4 Å². The van der Waals surface area contributed by atoms with E-state index in [1.54, 1.807) is 42.5 Å². The fourth-order valence-corrected chi connectivity index (χ4v) is 3.91. The first kappa shape index (κ1) is 24.6. The van der Waals surface area contributed by atoms with E-state index in [0.29, 0.717) is 17.8 Å². The smallest absolute Gasteiger partial charge is 0.356 e. The third kappa shape index (κ3) is 5.10. The minimum Gasteiger partial charge on any atom is -0.508 e. The number of anilines is 1. The summed E-state index contributed by atoms with van der Waals surface area (Å²) in [5.41, 5.74) is 1.41. The van der Waals surface area contributed by atoms with Crippen molar-refractivity contribution in [1.29, 1.82) is 0 Å². The van der Waals surface area contributed by atoms with E-state index >= 15 is 0 Å². The fraction of sp³-hybridized carbons (Fsp3) is 0.222. The van der Waals surface area contributed by atoms with Crippen LogP contribution in [0.1, 0.15) is 31.9 Å². The van der Waals surface area contributed by atoms with Crippen LogP contribution in [-0.2, 0) is 16.6 Å². The highest BCUT2D eigenvalue weighted by molar-refractivity contribution is 5.67. The van der Waals surface area contributed by atoms with Gasteiger partial charge in [-0.3, -0.25) is 0 Å². The molecule has 1 heterocycles. The van der Waals surface area contributed by atoms with Crippen molar-refractivity contribution in [2.45, 2.75) is 38.6 Å². The molecule has 0 spiro atoms. The Morgan fingerprint density at radius 3 is 2.25 bits per heavy atom. The Morgan fingerprint density at radius 1 is 0.972 bits per heavy atom. The molecule has 0 aliphatic heterocycles. The first-order valence-corrected chi connectivity index (χ1v) is 11.4. The number of rotatable bonds is 7. The summed E-state index contributed by atoms with van der Waals surface area (Å²) in [4.78, 5) is 37.5. The van der Waals surface area contributed by atoms with Gasteiger partial charge in [0.05, 0.1) is 11.7 Å². The SMILES string of the molecule is CC(C)(C)c1ccc(-n2c(=O)[nH]n(-c3cc(N[C@H](C=O)Cc4ccc(O)cc4)ccc3O)c2=O)cc1. The van der Waals surface area contributed by atoms with Crippen LogP contribution in [0.15, 0.2) is 76.3 Å². The van der Waals surface area contributed by atoms with Gasteiger partial charge in [-0.2, -0.15) is 4.68 Å². The average molecular weight is 489 g/mol. The quantitative estimate of drug-likeness (QED) is 0.233. The number of aldehydes is 1. The van der Waals surface area contributed by atoms with E-state index in [4.69, 9.17) is 0 Å². The Morgan fingerprint density at radius 2 is 1.64 bits per heavy atom.